The number of allylic oxidation sites excluding steroid dienone is 1. The molecule has 1 aromatic carbocycles. The fourth-order valence-corrected chi connectivity index (χ4v) is 2.28. The van der Waals surface area contributed by atoms with E-state index < -0.39 is 0 Å². The van der Waals surface area contributed by atoms with E-state index in [-0.39, 0.29) is 21.1 Å². The van der Waals surface area contributed by atoms with Crippen molar-refractivity contribution in [3.05, 3.63) is 41.8 Å². The zero-order chi connectivity index (χ0) is 16.9. The van der Waals surface area contributed by atoms with Crippen molar-refractivity contribution in [3.8, 4) is 0 Å². The number of benzene rings is 1. The first-order chi connectivity index (χ1) is 11.2. The van der Waals surface area contributed by atoms with Crippen LogP contribution in [-0.4, -0.2) is 36.0 Å². The van der Waals surface area contributed by atoms with Crippen molar-refractivity contribution in [1.82, 2.24) is 5.32 Å². The van der Waals surface area contributed by atoms with Crippen molar-refractivity contribution in [3.63, 3.8) is 0 Å². The van der Waals surface area contributed by atoms with E-state index in [9.17, 15) is 9.59 Å². The molecule has 7 heteroatoms. The van der Waals surface area contributed by atoms with E-state index in [0.29, 0.717) is 24.9 Å². The highest BCUT2D eigenvalue weighted by Gasteiger charge is 2.16. The monoisotopic (exact) mass is 336 g/mol. The highest BCUT2D eigenvalue weighted by atomic mass is 31.1. The molecule has 23 heavy (non-hydrogen) atoms. The summed E-state index contributed by atoms with van der Waals surface area (Å²) in [6.07, 6.45) is 3.13. The summed E-state index contributed by atoms with van der Waals surface area (Å²) in [4.78, 5) is 27.2. The fraction of sp³-hybridized carbons (Fsp3) is 0.312. The van der Waals surface area contributed by atoms with E-state index in [0.717, 1.165) is 17.2 Å². The van der Waals surface area contributed by atoms with Crippen LogP contribution >= 0.6 is 8.58 Å². The van der Waals surface area contributed by atoms with Crippen LogP contribution in [0.15, 0.2) is 41.4 Å². The number of hydrogen-bond acceptors (Lipinski definition) is 5. The van der Waals surface area contributed by atoms with Gasteiger partial charge in [0.2, 0.25) is 11.8 Å². The zero-order valence-electron chi connectivity index (χ0n) is 13.0. The van der Waals surface area contributed by atoms with Crippen LogP contribution in [0.2, 0.25) is 0 Å². The number of aliphatic hydroxyl groups excluding tert-OH is 1. The van der Waals surface area contributed by atoms with E-state index in [1.807, 2.05) is 30.3 Å². The van der Waals surface area contributed by atoms with Gasteiger partial charge in [-0.25, -0.2) is 0 Å². The van der Waals surface area contributed by atoms with Crippen LogP contribution in [0.5, 0.6) is 0 Å². The van der Waals surface area contributed by atoms with Gasteiger partial charge in [-0.1, -0.05) is 44.1 Å². The summed E-state index contributed by atoms with van der Waals surface area (Å²) < 4.78 is 0. The minimum absolute atomic E-state index is 0.159. The molecule has 124 valence electrons. The van der Waals surface area contributed by atoms with Gasteiger partial charge >= 0.3 is 0 Å². The van der Waals surface area contributed by atoms with Gasteiger partial charge in [-0.2, -0.15) is 0 Å². The van der Waals surface area contributed by atoms with Gasteiger partial charge < -0.3 is 9.94 Å². The smallest absolute Gasteiger partial charge is 0.233 e. The van der Waals surface area contributed by atoms with E-state index in [1.54, 1.807) is 13.1 Å². The van der Waals surface area contributed by atoms with E-state index >= 15 is 0 Å². The van der Waals surface area contributed by atoms with Crippen LogP contribution in [0, 0.1) is 0 Å². The van der Waals surface area contributed by atoms with Gasteiger partial charge in [-0.3, -0.25) is 14.9 Å². The molecule has 1 aliphatic heterocycles. The Kier molecular flexibility index (Phi) is 9.52. The topological polar surface area (TPSA) is 88.0 Å². The number of aliphatic hydroxyl groups is 1. The summed E-state index contributed by atoms with van der Waals surface area (Å²) in [5, 5.41) is 14.0. The van der Waals surface area contributed by atoms with Crippen LogP contribution < -0.4 is 5.32 Å². The molecule has 2 rings (SSSR count). The van der Waals surface area contributed by atoms with Crippen LogP contribution in [0.1, 0.15) is 25.3 Å². The average Bonchev–Trinajstić information content (AvgIpc) is 2.57. The number of carbonyl (C=O) groups excluding carboxylic acids is 2. The Morgan fingerprint density at radius 2 is 2.13 bits per heavy atom. The lowest BCUT2D eigenvalue weighted by molar-refractivity contribution is -0.120. The number of amides is 1. The first-order valence-electron chi connectivity index (χ1n) is 7.28. The number of rotatable bonds is 6. The molecule has 0 radical (unpaired) electrons. The summed E-state index contributed by atoms with van der Waals surface area (Å²) in [6, 6.07) is 10.5. The molecule has 0 saturated carbocycles. The SMILES string of the molecule is CCO.O=CPCCC(=O)NC1=C(c2ccccc2)CC=NO1. The quantitative estimate of drug-likeness (QED) is 0.473. The number of nitrogens with zero attached hydrogens (tertiary/aromatic N) is 1. The van der Waals surface area contributed by atoms with Crippen LogP contribution in [0.25, 0.3) is 5.57 Å². The lowest BCUT2D eigenvalue weighted by Crippen LogP contribution is -2.26. The maximum atomic E-state index is 11.8. The van der Waals surface area contributed by atoms with Gasteiger partial charge in [0.15, 0.2) is 0 Å². The number of carbonyl (C=O) groups is 2. The third-order valence-electron chi connectivity index (χ3n) is 2.74. The van der Waals surface area contributed by atoms with Crippen molar-refractivity contribution < 1.29 is 19.5 Å². The highest BCUT2D eigenvalue weighted by molar-refractivity contribution is 7.54. The third-order valence-corrected chi connectivity index (χ3v) is 3.45. The summed E-state index contributed by atoms with van der Waals surface area (Å²) in [6.45, 7) is 1.93. The highest BCUT2D eigenvalue weighted by Crippen LogP contribution is 2.23. The summed E-state index contributed by atoms with van der Waals surface area (Å²) in [7, 11) is 0.159. The first kappa shape index (κ1) is 19.0. The average molecular weight is 336 g/mol. The molecule has 0 spiro atoms. The predicted octanol–water partition coefficient (Wildman–Crippen LogP) is 2.13. The minimum Gasteiger partial charge on any atom is -0.397 e. The summed E-state index contributed by atoms with van der Waals surface area (Å²) in [5.74, 6) is 0.206. The van der Waals surface area contributed by atoms with Gasteiger partial charge in [0, 0.05) is 31.2 Å². The Hall–Kier alpha value is -2.04. The molecule has 1 aliphatic rings. The molecular weight excluding hydrogens is 315 g/mol. The molecule has 0 aromatic heterocycles. The van der Waals surface area contributed by atoms with Gasteiger partial charge in [0.25, 0.3) is 0 Å². The van der Waals surface area contributed by atoms with Crippen molar-refractivity contribution in [2.75, 3.05) is 12.8 Å². The minimum atomic E-state index is -0.167. The van der Waals surface area contributed by atoms with Gasteiger partial charge in [-0.05, 0) is 18.6 Å². The van der Waals surface area contributed by atoms with Gasteiger partial charge in [0.1, 0.15) is 6.03 Å². The Balaban J connectivity index is 0.000000816. The number of hydrogen-bond donors (Lipinski definition) is 2. The molecule has 1 aromatic rings. The molecule has 1 heterocycles. The standard InChI is InChI=1S/C14H15N2O3P.C2H6O/c17-10-20-9-7-13(18)16-14-12(6-8-15-19-14)11-4-2-1-3-5-11;1-2-3/h1-5,8,10,20H,6-7,9H2,(H,16,18);3H,2H2,1H3. The second-order valence-electron chi connectivity index (χ2n) is 4.44. The molecule has 0 saturated heterocycles. The second-order valence-corrected chi connectivity index (χ2v) is 5.59. The van der Waals surface area contributed by atoms with E-state index in [4.69, 9.17) is 9.94 Å². The van der Waals surface area contributed by atoms with Crippen LogP contribution in [-0.2, 0) is 14.4 Å². The largest absolute Gasteiger partial charge is 0.397 e. The molecule has 0 aliphatic carbocycles. The lowest BCUT2D eigenvalue weighted by Gasteiger charge is -2.16. The van der Waals surface area contributed by atoms with Crippen molar-refractivity contribution in [1.29, 1.82) is 0 Å². The van der Waals surface area contributed by atoms with E-state index in [1.165, 1.54) is 0 Å². The molecule has 1 unspecified atom stereocenters. The fourth-order valence-electron chi connectivity index (χ4n) is 1.79. The van der Waals surface area contributed by atoms with Crippen molar-refractivity contribution in [2.45, 2.75) is 19.8 Å². The number of oxime groups is 1. The van der Waals surface area contributed by atoms with Crippen LogP contribution in [0.3, 0.4) is 0 Å². The zero-order valence-corrected chi connectivity index (χ0v) is 14.0. The Morgan fingerprint density at radius 3 is 2.78 bits per heavy atom. The third kappa shape index (κ3) is 7.17. The van der Waals surface area contributed by atoms with Crippen molar-refractivity contribution >= 4 is 32.3 Å². The molecule has 2 N–H and O–H groups in total. The Labute approximate surface area is 137 Å². The maximum absolute atomic E-state index is 11.8. The number of nitrogens with one attached hydrogen (secondary N) is 1. The predicted molar refractivity (Wildman–Crippen MR) is 93.0 cm³/mol. The molecule has 6 nitrogen and oxygen atoms in total. The normalized spacial score (nSPS) is 13.3. The van der Waals surface area contributed by atoms with Crippen molar-refractivity contribution in [2.24, 2.45) is 5.16 Å². The Morgan fingerprint density at radius 1 is 1.43 bits per heavy atom. The second kappa shape index (κ2) is 11.5. The summed E-state index contributed by atoms with van der Waals surface area (Å²) in [5.41, 5.74) is 1.88. The van der Waals surface area contributed by atoms with E-state index in [2.05, 4.69) is 10.5 Å². The molecule has 0 bridgehead atoms. The first-order valence-corrected chi connectivity index (χ1v) is 8.56. The summed E-state index contributed by atoms with van der Waals surface area (Å²) >= 11 is 0. The Bertz CT molecular complexity index is 558. The molecule has 1 atom stereocenters. The van der Waals surface area contributed by atoms with Crippen LogP contribution in [0.4, 0.5) is 0 Å². The molecule has 0 fully saturated rings. The van der Waals surface area contributed by atoms with Gasteiger partial charge in [0.05, 0.1) is 0 Å². The van der Waals surface area contributed by atoms with Gasteiger partial charge in [-0.15, -0.1) is 0 Å². The molecule has 1 amide bonds. The molecular formula is C16H21N2O4P. The maximum Gasteiger partial charge on any atom is 0.233 e. The lowest BCUT2D eigenvalue weighted by atomic mass is 10.0.